The molecular weight excluding hydrogens is 371 g/mol. The van der Waals surface area contributed by atoms with Crippen LogP contribution in [-0.4, -0.2) is 36.4 Å². The van der Waals surface area contributed by atoms with Gasteiger partial charge in [-0.05, 0) is 49.6 Å². The predicted octanol–water partition coefficient (Wildman–Crippen LogP) is 4.72. The fraction of sp³-hybridized carbons (Fsp3) is 0.381. The molecule has 0 N–H and O–H groups in total. The third-order valence-electron chi connectivity index (χ3n) is 4.55. The van der Waals surface area contributed by atoms with Gasteiger partial charge in [-0.25, -0.2) is 0 Å². The number of likely N-dealkylation sites (tertiary alicyclic amines) is 1. The Labute approximate surface area is 161 Å². The van der Waals surface area contributed by atoms with Gasteiger partial charge in [0, 0.05) is 18.7 Å². The van der Waals surface area contributed by atoms with Crippen molar-refractivity contribution in [2.45, 2.75) is 38.8 Å². The quantitative estimate of drug-likeness (QED) is 0.738. The summed E-state index contributed by atoms with van der Waals surface area (Å²) in [7, 11) is 0. The van der Waals surface area contributed by atoms with E-state index in [0.29, 0.717) is 24.2 Å². The summed E-state index contributed by atoms with van der Waals surface area (Å²) < 4.78 is 46.8. The summed E-state index contributed by atoms with van der Waals surface area (Å²) in [6.07, 6.45) is -3.26. The molecule has 2 aromatic rings. The Balaban J connectivity index is 1.57. The van der Waals surface area contributed by atoms with Crippen molar-refractivity contribution in [3.05, 3.63) is 65.2 Å². The first-order valence-electron chi connectivity index (χ1n) is 9.12. The molecular formula is C21H22F3NO3. The zero-order chi connectivity index (χ0) is 20.1. The van der Waals surface area contributed by atoms with Gasteiger partial charge >= 0.3 is 6.36 Å². The van der Waals surface area contributed by atoms with Crippen LogP contribution < -0.4 is 4.74 Å². The maximum Gasteiger partial charge on any atom is 0.573 e. The molecule has 1 aliphatic heterocycles. The van der Waals surface area contributed by atoms with Crippen molar-refractivity contribution >= 4 is 5.91 Å². The van der Waals surface area contributed by atoms with Crippen molar-refractivity contribution in [1.82, 2.24) is 4.90 Å². The molecule has 1 heterocycles. The van der Waals surface area contributed by atoms with E-state index in [-0.39, 0.29) is 24.4 Å². The van der Waals surface area contributed by atoms with E-state index in [0.717, 1.165) is 18.4 Å². The van der Waals surface area contributed by atoms with E-state index in [1.807, 2.05) is 25.1 Å². The van der Waals surface area contributed by atoms with Crippen LogP contribution in [-0.2, 0) is 11.3 Å². The minimum absolute atomic E-state index is 0.0300. The average Bonchev–Trinajstić information content (AvgIpc) is 2.65. The summed E-state index contributed by atoms with van der Waals surface area (Å²) in [4.78, 5) is 14.5. The van der Waals surface area contributed by atoms with Crippen LogP contribution in [0.3, 0.4) is 0 Å². The molecule has 4 nitrogen and oxygen atoms in total. The number of nitrogens with zero attached hydrogens (tertiary/aromatic N) is 1. The summed E-state index contributed by atoms with van der Waals surface area (Å²) in [6, 6.07) is 13.2. The first-order valence-corrected chi connectivity index (χ1v) is 9.12. The Morgan fingerprint density at radius 1 is 1.18 bits per heavy atom. The maximum absolute atomic E-state index is 12.7. The van der Waals surface area contributed by atoms with E-state index in [4.69, 9.17) is 4.74 Å². The zero-order valence-electron chi connectivity index (χ0n) is 15.5. The van der Waals surface area contributed by atoms with E-state index in [1.54, 1.807) is 17.0 Å². The van der Waals surface area contributed by atoms with Crippen molar-refractivity contribution in [3.8, 4) is 5.75 Å². The number of benzene rings is 2. The zero-order valence-corrected chi connectivity index (χ0v) is 15.5. The van der Waals surface area contributed by atoms with Crippen molar-refractivity contribution < 1.29 is 27.4 Å². The number of aryl methyl sites for hydroxylation is 1. The Hall–Kier alpha value is -2.54. The van der Waals surface area contributed by atoms with Crippen LogP contribution >= 0.6 is 0 Å². The summed E-state index contributed by atoms with van der Waals surface area (Å²) in [5.41, 5.74) is 2.26. The molecule has 0 aliphatic carbocycles. The lowest BCUT2D eigenvalue weighted by Gasteiger charge is -2.33. The lowest BCUT2D eigenvalue weighted by Crippen LogP contribution is -2.43. The first kappa shape index (κ1) is 20.2. The second-order valence-corrected chi connectivity index (χ2v) is 6.89. The molecule has 0 radical (unpaired) electrons. The molecule has 1 fully saturated rings. The van der Waals surface area contributed by atoms with E-state index in [2.05, 4.69) is 4.74 Å². The molecule has 1 amide bonds. The fourth-order valence-corrected chi connectivity index (χ4v) is 3.27. The summed E-state index contributed by atoms with van der Waals surface area (Å²) >= 11 is 0. The highest BCUT2D eigenvalue weighted by Crippen LogP contribution is 2.24. The van der Waals surface area contributed by atoms with Crippen molar-refractivity contribution in [2.75, 3.05) is 13.1 Å². The fourth-order valence-electron chi connectivity index (χ4n) is 3.27. The minimum atomic E-state index is -4.72. The van der Waals surface area contributed by atoms with Crippen LogP contribution in [0.5, 0.6) is 5.75 Å². The molecule has 150 valence electrons. The molecule has 7 heteroatoms. The van der Waals surface area contributed by atoms with Gasteiger partial charge in [-0.1, -0.05) is 29.8 Å². The van der Waals surface area contributed by atoms with E-state index in [9.17, 15) is 18.0 Å². The second kappa shape index (κ2) is 8.65. The first-order chi connectivity index (χ1) is 13.3. The highest BCUT2D eigenvalue weighted by Gasteiger charge is 2.31. The third kappa shape index (κ3) is 5.73. The van der Waals surface area contributed by atoms with Gasteiger partial charge in [0.25, 0.3) is 5.91 Å². The molecule has 2 aromatic carbocycles. The number of hydrogen-bond acceptors (Lipinski definition) is 3. The highest BCUT2D eigenvalue weighted by atomic mass is 19.4. The largest absolute Gasteiger partial charge is 0.573 e. The Kier molecular flexibility index (Phi) is 6.24. The van der Waals surface area contributed by atoms with Gasteiger partial charge in [0.15, 0.2) is 0 Å². The normalized spacial score (nSPS) is 17.4. The molecule has 3 rings (SSSR count). The van der Waals surface area contributed by atoms with Gasteiger partial charge in [-0.3, -0.25) is 4.79 Å². The molecule has 0 aromatic heterocycles. The smallest absolute Gasteiger partial charge is 0.406 e. The summed E-state index contributed by atoms with van der Waals surface area (Å²) in [6.45, 7) is 3.23. The monoisotopic (exact) mass is 393 g/mol. The highest BCUT2D eigenvalue weighted by molar-refractivity contribution is 5.94. The minimum Gasteiger partial charge on any atom is -0.406 e. The van der Waals surface area contributed by atoms with E-state index in [1.165, 1.54) is 18.2 Å². The van der Waals surface area contributed by atoms with Gasteiger partial charge in [0.05, 0.1) is 12.7 Å². The maximum atomic E-state index is 12.7. The SMILES string of the molecule is Cc1cccc(C(=O)N2CCCC(OCc3cccc(OC(F)(F)F)c3)C2)c1. The van der Waals surface area contributed by atoms with E-state index < -0.39 is 6.36 Å². The number of carbonyl (C=O) groups is 1. The van der Waals surface area contributed by atoms with Gasteiger partial charge in [-0.2, -0.15) is 0 Å². The van der Waals surface area contributed by atoms with Crippen LogP contribution in [0.1, 0.15) is 34.3 Å². The molecule has 0 spiro atoms. The van der Waals surface area contributed by atoms with Crippen LogP contribution in [0.4, 0.5) is 13.2 Å². The summed E-state index contributed by atoms with van der Waals surface area (Å²) in [5, 5.41) is 0. The molecule has 1 aliphatic rings. The molecule has 1 atom stereocenters. The Morgan fingerprint density at radius 2 is 1.96 bits per heavy atom. The van der Waals surface area contributed by atoms with Gasteiger partial charge in [0.1, 0.15) is 5.75 Å². The molecule has 0 bridgehead atoms. The standard InChI is InChI=1S/C21H22F3NO3/c1-15-5-2-7-17(11-15)20(26)25-10-4-9-19(13-25)27-14-16-6-3-8-18(12-16)28-21(22,23)24/h2-3,5-8,11-12,19H,4,9-10,13-14H2,1H3. The number of ether oxygens (including phenoxy) is 2. The lowest BCUT2D eigenvalue weighted by molar-refractivity contribution is -0.274. The van der Waals surface area contributed by atoms with E-state index >= 15 is 0 Å². The van der Waals surface area contributed by atoms with Crippen molar-refractivity contribution in [2.24, 2.45) is 0 Å². The average molecular weight is 393 g/mol. The number of halogens is 3. The third-order valence-corrected chi connectivity index (χ3v) is 4.55. The Morgan fingerprint density at radius 3 is 2.71 bits per heavy atom. The van der Waals surface area contributed by atoms with Crippen LogP contribution in [0.2, 0.25) is 0 Å². The van der Waals surface area contributed by atoms with Gasteiger partial charge in [0.2, 0.25) is 0 Å². The molecule has 28 heavy (non-hydrogen) atoms. The van der Waals surface area contributed by atoms with Crippen LogP contribution in [0.25, 0.3) is 0 Å². The molecule has 1 unspecified atom stereocenters. The number of hydrogen-bond donors (Lipinski definition) is 0. The molecule has 0 saturated carbocycles. The van der Waals surface area contributed by atoms with Crippen molar-refractivity contribution in [1.29, 1.82) is 0 Å². The van der Waals surface area contributed by atoms with Crippen LogP contribution in [0.15, 0.2) is 48.5 Å². The number of amides is 1. The number of carbonyl (C=O) groups excluding carboxylic acids is 1. The Bertz CT molecular complexity index is 823. The second-order valence-electron chi connectivity index (χ2n) is 6.89. The summed E-state index contributed by atoms with van der Waals surface area (Å²) in [5.74, 6) is -0.300. The number of alkyl halides is 3. The van der Waals surface area contributed by atoms with Crippen molar-refractivity contribution in [3.63, 3.8) is 0 Å². The van der Waals surface area contributed by atoms with Crippen LogP contribution in [0, 0.1) is 6.92 Å². The predicted molar refractivity (Wildman–Crippen MR) is 98.0 cm³/mol. The van der Waals surface area contributed by atoms with Gasteiger partial charge < -0.3 is 14.4 Å². The number of piperidine rings is 1. The number of rotatable bonds is 5. The lowest BCUT2D eigenvalue weighted by atomic mass is 10.1. The van der Waals surface area contributed by atoms with Gasteiger partial charge in [-0.15, -0.1) is 13.2 Å². The molecule has 1 saturated heterocycles. The topological polar surface area (TPSA) is 38.8 Å².